The van der Waals surface area contributed by atoms with Crippen molar-refractivity contribution in [3.05, 3.63) is 0 Å². The number of nitrogens with one attached hydrogen (secondary N) is 1. The molecule has 0 saturated carbocycles. The zero-order chi connectivity index (χ0) is 18.8. The van der Waals surface area contributed by atoms with Crippen LogP contribution in [-0.4, -0.2) is 55.3 Å². The number of hydrogen-bond donors (Lipinski definition) is 2. The fraction of sp³-hybridized carbons (Fsp3) is 0.750. The molecule has 9 heteroatoms. The molecule has 0 saturated heterocycles. The van der Waals surface area contributed by atoms with E-state index in [1.807, 2.05) is 0 Å². The summed E-state index contributed by atoms with van der Waals surface area (Å²) in [7, 11) is 0. The Morgan fingerprint density at radius 2 is 1.24 bits per heavy atom. The Hall–Kier alpha value is -2.50. The van der Waals surface area contributed by atoms with Crippen molar-refractivity contribution in [3.8, 4) is 0 Å². The highest BCUT2D eigenvalue weighted by Crippen LogP contribution is 2.06. The van der Waals surface area contributed by atoms with Crippen LogP contribution in [0.4, 0.5) is 9.59 Å². The normalized spacial score (nSPS) is 9.60. The summed E-state index contributed by atoms with van der Waals surface area (Å²) in [6.07, 6.45) is 9.84. The second-order valence-corrected chi connectivity index (χ2v) is 5.56. The fourth-order valence-corrected chi connectivity index (χ4v) is 2.28. The first kappa shape index (κ1) is 22.5. The van der Waals surface area contributed by atoms with Gasteiger partial charge in [0, 0.05) is 13.1 Å². The fourth-order valence-electron chi connectivity index (χ4n) is 2.28. The molecule has 0 aliphatic carbocycles. The maximum atomic E-state index is 12.0. The molecule has 0 aromatic carbocycles. The number of nitrogens with zero attached hydrogens (tertiary/aromatic N) is 3. The molecule has 0 radical (unpaired) electrons. The Morgan fingerprint density at radius 1 is 0.800 bits per heavy atom. The molecule has 0 aromatic rings. The third-order valence-corrected chi connectivity index (χ3v) is 3.54. The molecule has 0 heterocycles. The molecule has 0 aliphatic heterocycles. The van der Waals surface area contributed by atoms with E-state index in [4.69, 9.17) is 5.73 Å². The second kappa shape index (κ2) is 16.4. The van der Waals surface area contributed by atoms with Crippen molar-refractivity contribution in [2.45, 2.75) is 51.4 Å². The van der Waals surface area contributed by atoms with Crippen LogP contribution >= 0.6 is 0 Å². The van der Waals surface area contributed by atoms with Crippen molar-refractivity contribution in [2.24, 2.45) is 15.7 Å². The van der Waals surface area contributed by atoms with Gasteiger partial charge in [0.1, 0.15) is 0 Å². The van der Waals surface area contributed by atoms with E-state index in [1.165, 1.54) is 12.2 Å². The van der Waals surface area contributed by atoms with Gasteiger partial charge in [-0.2, -0.15) is 0 Å². The molecule has 0 atom stereocenters. The molecular weight excluding hydrogens is 326 g/mol. The Kier molecular flexibility index (Phi) is 14.7. The lowest BCUT2D eigenvalue weighted by atomic mass is 10.1. The van der Waals surface area contributed by atoms with Gasteiger partial charge in [-0.15, -0.1) is 0 Å². The summed E-state index contributed by atoms with van der Waals surface area (Å²) in [6.45, 7) is 2.02. The van der Waals surface area contributed by atoms with Crippen LogP contribution in [0.1, 0.15) is 51.4 Å². The number of aliphatic imine (C=N–C) groups is 2. The molecule has 25 heavy (non-hydrogen) atoms. The van der Waals surface area contributed by atoms with Crippen molar-refractivity contribution in [1.82, 2.24) is 10.2 Å². The zero-order valence-electron chi connectivity index (χ0n) is 14.5. The van der Waals surface area contributed by atoms with Crippen LogP contribution < -0.4 is 11.1 Å². The van der Waals surface area contributed by atoms with Crippen LogP contribution in [0.2, 0.25) is 0 Å². The van der Waals surface area contributed by atoms with E-state index in [0.717, 1.165) is 51.4 Å². The minimum atomic E-state index is -0.867. The van der Waals surface area contributed by atoms with Crippen molar-refractivity contribution < 1.29 is 19.2 Å². The van der Waals surface area contributed by atoms with E-state index in [0.29, 0.717) is 26.2 Å². The number of nitrogens with two attached hydrogens (primary N) is 1. The highest BCUT2D eigenvalue weighted by molar-refractivity contribution is 5.92. The van der Waals surface area contributed by atoms with E-state index in [1.54, 1.807) is 4.90 Å². The molecule has 3 N–H and O–H groups in total. The minimum Gasteiger partial charge on any atom is -0.351 e. The summed E-state index contributed by atoms with van der Waals surface area (Å²) in [5.74, 6) is 0. The quantitative estimate of drug-likeness (QED) is 0.280. The summed E-state index contributed by atoms with van der Waals surface area (Å²) >= 11 is 0. The van der Waals surface area contributed by atoms with Crippen molar-refractivity contribution in [1.29, 1.82) is 0 Å². The maximum Gasteiger partial charge on any atom is 0.325 e. The molecule has 0 unspecified atom stereocenters. The van der Waals surface area contributed by atoms with E-state index in [-0.39, 0.29) is 0 Å². The molecule has 0 aliphatic rings. The molecule has 9 nitrogen and oxygen atoms in total. The molecule has 0 fully saturated rings. The van der Waals surface area contributed by atoms with Gasteiger partial charge in [-0.3, -0.25) is 5.32 Å². The number of primary amides is 1. The summed E-state index contributed by atoms with van der Waals surface area (Å²) in [4.78, 5) is 51.2. The summed E-state index contributed by atoms with van der Waals surface area (Å²) in [6, 6.07) is -1.35. The van der Waals surface area contributed by atoms with E-state index in [2.05, 4.69) is 15.3 Å². The SMILES string of the molecule is NC(=O)NC(=O)N(CCCCCCN=C=O)CCCCCCN=C=O. The Labute approximate surface area is 147 Å². The van der Waals surface area contributed by atoms with Gasteiger partial charge in [0.25, 0.3) is 0 Å². The standard InChI is InChI=1S/C16H27N5O4/c17-15(24)20-16(25)21(11-7-3-1-5-9-18-13-22)12-8-4-2-6-10-19-14-23/h1-12H2,(H3,17,20,24,25). The Balaban J connectivity index is 4.05. The number of unbranched alkanes of at least 4 members (excludes halogenated alkanes) is 6. The van der Waals surface area contributed by atoms with Crippen LogP contribution in [0.3, 0.4) is 0 Å². The van der Waals surface area contributed by atoms with Crippen LogP contribution in [-0.2, 0) is 9.59 Å². The third-order valence-electron chi connectivity index (χ3n) is 3.54. The van der Waals surface area contributed by atoms with Gasteiger partial charge < -0.3 is 10.6 Å². The number of amides is 4. The number of hydrogen-bond acceptors (Lipinski definition) is 6. The average molecular weight is 353 g/mol. The number of urea groups is 2. The highest BCUT2D eigenvalue weighted by atomic mass is 16.2. The Morgan fingerprint density at radius 3 is 1.64 bits per heavy atom. The molecule has 0 bridgehead atoms. The van der Waals surface area contributed by atoms with Crippen molar-refractivity contribution >= 4 is 24.2 Å². The van der Waals surface area contributed by atoms with Crippen LogP contribution in [0, 0.1) is 0 Å². The molecular formula is C16H27N5O4. The summed E-state index contributed by atoms with van der Waals surface area (Å²) < 4.78 is 0. The lowest BCUT2D eigenvalue weighted by molar-refractivity contribution is 0.194. The van der Waals surface area contributed by atoms with Gasteiger partial charge in [-0.25, -0.2) is 29.2 Å². The van der Waals surface area contributed by atoms with Gasteiger partial charge in [-0.05, 0) is 25.7 Å². The highest BCUT2D eigenvalue weighted by Gasteiger charge is 2.14. The average Bonchev–Trinajstić information content (AvgIpc) is 2.57. The van der Waals surface area contributed by atoms with Crippen molar-refractivity contribution in [2.75, 3.05) is 26.2 Å². The maximum absolute atomic E-state index is 12.0. The van der Waals surface area contributed by atoms with Gasteiger partial charge in [-0.1, -0.05) is 25.7 Å². The first-order valence-electron chi connectivity index (χ1n) is 8.54. The van der Waals surface area contributed by atoms with Gasteiger partial charge in [0.15, 0.2) is 0 Å². The topological polar surface area (TPSA) is 134 Å². The second-order valence-electron chi connectivity index (χ2n) is 5.56. The number of imide groups is 1. The van der Waals surface area contributed by atoms with Crippen molar-refractivity contribution in [3.63, 3.8) is 0 Å². The summed E-state index contributed by atoms with van der Waals surface area (Å²) in [5.41, 5.74) is 5.00. The minimum absolute atomic E-state index is 0.476. The van der Waals surface area contributed by atoms with Crippen LogP contribution in [0.25, 0.3) is 0 Å². The van der Waals surface area contributed by atoms with E-state index < -0.39 is 12.1 Å². The molecule has 0 spiro atoms. The molecule has 4 amide bonds. The smallest absolute Gasteiger partial charge is 0.325 e. The van der Waals surface area contributed by atoms with E-state index in [9.17, 15) is 19.2 Å². The lowest BCUT2D eigenvalue weighted by Crippen LogP contribution is -2.45. The van der Waals surface area contributed by atoms with Gasteiger partial charge in [0.05, 0.1) is 13.1 Å². The number of rotatable bonds is 14. The van der Waals surface area contributed by atoms with Crippen LogP contribution in [0.15, 0.2) is 9.98 Å². The predicted molar refractivity (Wildman–Crippen MR) is 92.6 cm³/mol. The number of isocyanates is 2. The first-order valence-corrected chi connectivity index (χ1v) is 8.54. The summed E-state index contributed by atoms with van der Waals surface area (Å²) in [5, 5.41) is 2.09. The number of carbonyl (C=O) groups excluding carboxylic acids is 4. The largest absolute Gasteiger partial charge is 0.351 e. The first-order chi connectivity index (χ1) is 12.1. The molecule has 140 valence electrons. The number of carbonyl (C=O) groups is 2. The third kappa shape index (κ3) is 14.8. The van der Waals surface area contributed by atoms with E-state index >= 15 is 0 Å². The Bertz CT molecular complexity index is 455. The van der Waals surface area contributed by atoms with Gasteiger partial charge in [0.2, 0.25) is 12.2 Å². The monoisotopic (exact) mass is 353 g/mol. The van der Waals surface area contributed by atoms with Crippen LogP contribution in [0.5, 0.6) is 0 Å². The zero-order valence-corrected chi connectivity index (χ0v) is 14.5. The molecule has 0 aromatic heterocycles. The lowest BCUT2D eigenvalue weighted by Gasteiger charge is -2.22. The predicted octanol–water partition coefficient (Wildman–Crippen LogP) is 1.87. The molecule has 0 rings (SSSR count). The van der Waals surface area contributed by atoms with Gasteiger partial charge >= 0.3 is 12.1 Å².